The fourth-order valence-corrected chi connectivity index (χ4v) is 3.49. The van der Waals surface area contributed by atoms with Crippen molar-refractivity contribution >= 4 is 41.7 Å². The lowest BCUT2D eigenvalue weighted by molar-refractivity contribution is 0.392. The van der Waals surface area contributed by atoms with Crippen molar-refractivity contribution in [1.82, 2.24) is 10.2 Å². The Labute approximate surface area is 142 Å². The molecule has 1 aromatic rings. The van der Waals surface area contributed by atoms with Crippen LogP contribution >= 0.6 is 35.7 Å². The number of nitrogens with one attached hydrogen (secondary N) is 1. The summed E-state index contributed by atoms with van der Waals surface area (Å²) in [4.78, 5) is 6.43. The lowest BCUT2D eigenvalue weighted by atomic mass is 10.0. The quantitative estimate of drug-likeness (QED) is 0.472. The highest BCUT2D eigenvalue weighted by atomic mass is 127. The molecule has 0 atom stereocenters. The second kappa shape index (κ2) is 9.55. The Kier molecular flexibility index (Phi) is 8.44. The molecular formula is C14H24IN3OS. The summed E-state index contributed by atoms with van der Waals surface area (Å²) in [5.74, 6) is 5.28. The van der Waals surface area contributed by atoms with Crippen LogP contribution in [-0.4, -0.2) is 43.0 Å². The minimum Gasteiger partial charge on any atom is -0.467 e. The molecule has 4 nitrogen and oxygen atoms in total. The molecule has 0 amide bonds. The first-order chi connectivity index (χ1) is 9.29. The minimum absolute atomic E-state index is 0. The zero-order valence-electron chi connectivity index (χ0n) is 12.2. The van der Waals surface area contributed by atoms with Crippen LogP contribution < -0.4 is 5.32 Å². The maximum absolute atomic E-state index is 5.37. The zero-order chi connectivity index (χ0) is 13.5. The number of guanidine groups is 1. The molecule has 0 bridgehead atoms. The first-order valence-electron chi connectivity index (χ1n) is 6.81. The molecule has 2 heterocycles. The molecular weight excluding hydrogens is 385 g/mol. The zero-order valence-corrected chi connectivity index (χ0v) is 15.3. The van der Waals surface area contributed by atoms with Gasteiger partial charge in [-0.3, -0.25) is 4.99 Å². The Hall–Kier alpha value is -0.370. The van der Waals surface area contributed by atoms with Crippen LogP contribution in [0.1, 0.15) is 18.6 Å². The van der Waals surface area contributed by atoms with Crippen molar-refractivity contribution in [2.45, 2.75) is 19.4 Å². The SMILES string of the molecule is CN=C(NCC1CCSCC1)N(C)Cc1ccco1.I. The summed E-state index contributed by atoms with van der Waals surface area (Å²) in [6.07, 6.45) is 4.34. The molecule has 6 heteroatoms. The van der Waals surface area contributed by atoms with Gasteiger partial charge in [0.2, 0.25) is 0 Å². The van der Waals surface area contributed by atoms with E-state index >= 15 is 0 Å². The summed E-state index contributed by atoms with van der Waals surface area (Å²) >= 11 is 2.07. The number of rotatable bonds is 4. The van der Waals surface area contributed by atoms with Crippen molar-refractivity contribution in [2.24, 2.45) is 10.9 Å². The molecule has 20 heavy (non-hydrogen) atoms. The third-order valence-corrected chi connectivity index (χ3v) is 4.48. The van der Waals surface area contributed by atoms with E-state index in [0.29, 0.717) is 0 Å². The number of hydrogen-bond acceptors (Lipinski definition) is 3. The summed E-state index contributed by atoms with van der Waals surface area (Å²) < 4.78 is 5.37. The van der Waals surface area contributed by atoms with Crippen molar-refractivity contribution in [3.05, 3.63) is 24.2 Å². The predicted molar refractivity (Wildman–Crippen MR) is 97.0 cm³/mol. The Balaban J connectivity index is 0.00000200. The number of aliphatic imine (C=N–C) groups is 1. The molecule has 0 radical (unpaired) electrons. The average Bonchev–Trinajstić information content (AvgIpc) is 2.93. The molecule has 114 valence electrons. The number of hydrogen-bond donors (Lipinski definition) is 1. The monoisotopic (exact) mass is 409 g/mol. The van der Waals surface area contributed by atoms with Crippen LogP contribution in [0.2, 0.25) is 0 Å². The third kappa shape index (κ3) is 5.55. The predicted octanol–water partition coefficient (Wildman–Crippen LogP) is 3.05. The summed E-state index contributed by atoms with van der Waals surface area (Å²) in [5, 5.41) is 3.48. The van der Waals surface area contributed by atoms with E-state index in [2.05, 4.69) is 27.0 Å². The molecule has 1 aromatic heterocycles. The fraction of sp³-hybridized carbons (Fsp3) is 0.643. The molecule has 1 saturated heterocycles. The van der Waals surface area contributed by atoms with Gasteiger partial charge in [-0.25, -0.2) is 0 Å². The first-order valence-corrected chi connectivity index (χ1v) is 7.97. The summed E-state index contributed by atoms with van der Waals surface area (Å²) in [7, 11) is 3.87. The van der Waals surface area contributed by atoms with Crippen molar-refractivity contribution in [1.29, 1.82) is 0 Å². The van der Waals surface area contributed by atoms with Crippen molar-refractivity contribution < 1.29 is 4.42 Å². The van der Waals surface area contributed by atoms with E-state index in [0.717, 1.165) is 30.7 Å². The molecule has 1 N–H and O–H groups in total. The van der Waals surface area contributed by atoms with Gasteiger partial charge in [-0.2, -0.15) is 11.8 Å². The number of furan rings is 1. The number of nitrogens with zero attached hydrogens (tertiary/aromatic N) is 2. The standard InChI is InChI=1S/C14H23N3OS.HI/c1-15-14(16-10-12-5-8-19-9-6-12)17(2)11-13-4-3-7-18-13;/h3-4,7,12H,5-6,8-11H2,1-2H3,(H,15,16);1H. The van der Waals surface area contributed by atoms with E-state index in [1.807, 2.05) is 26.2 Å². The molecule has 1 aliphatic heterocycles. The molecule has 0 aliphatic carbocycles. The van der Waals surface area contributed by atoms with Gasteiger partial charge in [-0.15, -0.1) is 24.0 Å². The van der Waals surface area contributed by atoms with Crippen LogP contribution in [0.5, 0.6) is 0 Å². The Morgan fingerprint density at radius 3 is 2.85 bits per heavy atom. The van der Waals surface area contributed by atoms with Gasteiger partial charge >= 0.3 is 0 Å². The highest BCUT2D eigenvalue weighted by Gasteiger charge is 2.15. The van der Waals surface area contributed by atoms with E-state index in [-0.39, 0.29) is 24.0 Å². The number of halogens is 1. The summed E-state index contributed by atoms with van der Waals surface area (Å²) in [5.41, 5.74) is 0. The second-order valence-electron chi connectivity index (χ2n) is 4.92. The summed E-state index contributed by atoms with van der Waals surface area (Å²) in [6, 6.07) is 3.90. The fourth-order valence-electron chi connectivity index (χ4n) is 2.28. The van der Waals surface area contributed by atoms with Gasteiger partial charge in [0.05, 0.1) is 12.8 Å². The molecule has 1 fully saturated rings. The highest BCUT2D eigenvalue weighted by Crippen LogP contribution is 2.21. The highest BCUT2D eigenvalue weighted by molar-refractivity contribution is 14.0. The van der Waals surface area contributed by atoms with E-state index in [1.165, 1.54) is 24.3 Å². The third-order valence-electron chi connectivity index (χ3n) is 3.44. The maximum Gasteiger partial charge on any atom is 0.193 e. The van der Waals surface area contributed by atoms with Gasteiger partial charge in [-0.1, -0.05) is 0 Å². The minimum atomic E-state index is 0. The summed E-state index contributed by atoms with van der Waals surface area (Å²) in [6.45, 7) is 1.77. The second-order valence-corrected chi connectivity index (χ2v) is 6.14. The average molecular weight is 409 g/mol. The molecule has 0 aromatic carbocycles. The van der Waals surface area contributed by atoms with Gasteiger partial charge in [0.1, 0.15) is 5.76 Å². The maximum atomic E-state index is 5.37. The van der Waals surface area contributed by atoms with Gasteiger partial charge in [-0.05, 0) is 42.4 Å². The topological polar surface area (TPSA) is 40.8 Å². The lowest BCUT2D eigenvalue weighted by Crippen LogP contribution is -2.41. The van der Waals surface area contributed by atoms with Crippen LogP contribution in [0, 0.1) is 5.92 Å². The Morgan fingerprint density at radius 2 is 2.25 bits per heavy atom. The van der Waals surface area contributed by atoms with Gasteiger partial charge in [0.25, 0.3) is 0 Å². The molecule has 0 spiro atoms. The Bertz CT molecular complexity index is 391. The number of thioether (sulfide) groups is 1. The van der Waals surface area contributed by atoms with Crippen molar-refractivity contribution in [2.75, 3.05) is 32.1 Å². The normalized spacial score (nSPS) is 16.6. The lowest BCUT2D eigenvalue weighted by Gasteiger charge is -2.25. The van der Waals surface area contributed by atoms with Crippen LogP contribution in [-0.2, 0) is 6.54 Å². The molecule has 1 aliphatic rings. The largest absolute Gasteiger partial charge is 0.467 e. The molecule has 2 rings (SSSR count). The smallest absolute Gasteiger partial charge is 0.193 e. The van der Waals surface area contributed by atoms with Gasteiger partial charge in [0.15, 0.2) is 5.96 Å². The van der Waals surface area contributed by atoms with Crippen molar-refractivity contribution in [3.8, 4) is 0 Å². The van der Waals surface area contributed by atoms with Gasteiger partial charge in [0, 0.05) is 20.6 Å². The first kappa shape index (κ1) is 17.7. The van der Waals surface area contributed by atoms with Crippen LogP contribution in [0.25, 0.3) is 0 Å². The van der Waals surface area contributed by atoms with Crippen LogP contribution in [0.3, 0.4) is 0 Å². The molecule has 0 saturated carbocycles. The van der Waals surface area contributed by atoms with E-state index in [1.54, 1.807) is 6.26 Å². The van der Waals surface area contributed by atoms with Crippen LogP contribution in [0.4, 0.5) is 0 Å². The molecule has 0 unspecified atom stereocenters. The Morgan fingerprint density at radius 1 is 1.50 bits per heavy atom. The van der Waals surface area contributed by atoms with E-state index in [4.69, 9.17) is 4.42 Å². The van der Waals surface area contributed by atoms with E-state index < -0.39 is 0 Å². The van der Waals surface area contributed by atoms with Crippen LogP contribution in [0.15, 0.2) is 27.8 Å². The van der Waals surface area contributed by atoms with E-state index in [9.17, 15) is 0 Å². The van der Waals surface area contributed by atoms with Crippen molar-refractivity contribution in [3.63, 3.8) is 0 Å². The van der Waals surface area contributed by atoms with Gasteiger partial charge < -0.3 is 14.6 Å².